The number of hydrogen-bond acceptors (Lipinski definition) is 4. The first-order valence-electron chi connectivity index (χ1n) is 11.8. The summed E-state index contributed by atoms with van der Waals surface area (Å²) in [5, 5.41) is 0. The van der Waals surface area contributed by atoms with E-state index in [0.29, 0.717) is 13.2 Å². The predicted molar refractivity (Wildman–Crippen MR) is 131 cm³/mol. The van der Waals surface area contributed by atoms with Gasteiger partial charge in [-0.05, 0) is 48.4 Å². The maximum atomic E-state index is 6.20. The molecule has 0 fully saturated rings. The van der Waals surface area contributed by atoms with Crippen molar-refractivity contribution in [2.75, 3.05) is 33.4 Å². The van der Waals surface area contributed by atoms with Crippen molar-refractivity contribution in [2.45, 2.75) is 24.7 Å². The minimum atomic E-state index is 0.203. The lowest BCUT2D eigenvalue weighted by Gasteiger charge is -2.34. The smallest absolute Gasteiger partial charge is 0.126 e. The summed E-state index contributed by atoms with van der Waals surface area (Å²) in [6, 6.07) is 25.4. The van der Waals surface area contributed by atoms with Gasteiger partial charge in [-0.25, -0.2) is 0 Å². The third kappa shape index (κ3) is 4.85. The molecule has 2 heterocycles. The Hall–Kier alpha value is -3.40. The van der Waals surface area contributed by atoms with Crippen LogP contribution in [-0.4, -0.2) is 38.3 Å². The Morgan fingerprint density at radius 1 is 0.939 bits per heavy atom. The SMILES string of the molecule is COc1ccc2c(c1)OCC(c1ccccc1)C2c1ccc(OCCN2C=CCCC2)cc1. The van der Waals surface area contributed by atoms with Gasteiger partial charge in [0.25, 0.3) is 0 Å². The zero-order valence-electron chi connectivity index (χ0n) is 19.2. The van der Waals surface area contributed by atoms with E-state index in [4.69, 9.17) is 14.2 Å². The van der Waals surface area contributed by atoms with Crippen LogP contribution in [0.2, 0.25) is 0 Å². The van der Waals surface area contributed by atoms with E-state index in [2.05, 4.69) is 77.8 Å². The summed E-state index contributed by atoms with van der Waals surface area (Å²) in [6.45, 7) is 3.36. The maximum absolute atomic E-state index is 6.20. The fraction of sp³-hybridized carbons (Fsp3) is 0.310. The van der Waals surface area contributed by atoms with Gasteiger partial charge in [0.2, 0.25) is 0 Å². The zero-order valence-corrected chi connectivity index (χ0v) is 19.2. The predicted octanol–water partition coefficient (Wildman–Crippen LogP) is 5.99. The lowest BCUT2D eigenvalue weighted by atomic mass is 9.76. The fourth-order valence-corrected chi connectivity index (χ4v) is 4.87. The van der Waals surface area contributed by atoms with E-state index in [0.717, 1.165) is 30.3 Å². The number of benzene rings is 3. The van der Waals surface area contributed by atoms with Crippen LogP contribution in [-0.2, 0) is 0 Å². The van der Waals surface area contributed by atoms with E-state index in [9.17, 15) is 0 Å². The Morgan fingerprint density at radius 3 is 2.52 bits per heavy atom. The van der Waals surface area contributed by atoms with Crippen molar-refractivity contribution in [3.05, 3.63) is 102 Å². The molecule has 0 saturated heterocycles. The Kier molecular flexibility index (Phi) is 6.52. The normalized spacial score (nSPS) is 19.5. The molecule has 0 amide bonds. The molecule has 33 heavy (non-hydrogen) atoms. The average Bonchev–Trinajstić information content (AvgIpc) is 2.89. The monoisotopic (exact) mass is 441 g/mol. The van der Waals surface area contributed by atoms with Crippen molar-refractivity contribution in [2.24, 2.45) is 0 Å². The van der Waals surface area contributed by atoms with Crippen LogP contribution < -0.4 is 14.2 Å². The van der Waals surface area contributed by atoms with E-state index in [-0.39, 0.29) is 11.8 Å². The van der Waals surface area contributed by atoms with Gasteiger partial charge in [0.05, 0.1) is 20.3 Å². The molecular formula is C29H31NO3. The Balaban J connectivity index is 1.37. The standard InChI is InChI=1S/C29H31NO3/c1-31-25-14-15-26-28(20-25)33-21-27(22-8-4-2-5-9-22)29(26)23-10-12-24(13-11-23)32-19-18-30-16-6-3-7-17-30/h2,4-6,8-16,20,27,29H,3,7,17-19,21H2,1H3. The number of fused-ring (bicyclic) bond motifs is 1. The van der Waals surface area contributed by atoms with Crippen LogP contribution in [0.15, 0.2) is 85.1 Å². The molecule has 0 aromatic heterocycles. The van der Waals surface area contributed by atoms with Crippen LogP contribution in [0.1, 0.15) is 41.4 Å². The van der Waals surface area contributed by atoms with Crippen molar-refractivity contribution >= 4 is 0 Å². The van der Waals surface area contributed by atoms with Gasteiger partial charge >= 0.3 is 0 Å². The highest BCUT2D eigenvalue weighted by Gasteiger charge is 2.33. The van der Waals surface area contributed by atoms with Crippen LogP contribution in [0.25, 0.3) is 0 Å². The summed E-state index contributed by atoms with van der Waals surface area (Å²) in [5.41, 5.74) is 3.75. The van der Waals surface area contributed by atoms with Gasteiger partial charge in [-0.2, -0.15) is 0 Å². The Morgan fingerprint density at radius 2 is 1.76 bits per heavy atom. The molecule has 0 spiro atoms. The van der Waals surface area contributed by atoms with Crippen molar-refractivity contribution in [1.82, 2.24) is 4.90 Å². The minimum Gasteiger partial charge on any atom is -0.497 e. The second kappa shape index (κ2) is 10.0. The molecule has 2 aliphatic rings. The molecule has 5 rings (SSSR count). The highest BCUT2D eigenvalue weighted by molar-refractivity contribution is 5.51. The molecule has 4 heteroatoms. The second-order valence-electron chi connectivity index (χ2n) is 8.69. The summed E-state index contributed by atoms with van der Waals surface area (Å²) >= 11 is 0. The lowest BCUT2D eigenvalue weighted by Crippen LogP contribution is -2.26. The number of nitrogens with zero attached hydrogens (tertiary/aromatic N) is 1. The molecule has 0 saturated carbocycles. The van der Waals surface area contributed by atoms with Gasteiger partial charge < -0.3 is 19.1 Å². The molecule has 2 aliphatic heterocycles. The summed E-state index contributed by atoms with van der Waals surface area (Å²) in [4.78, 5) is 2.33. The first kappa shape index (κ1) is 21.4. The van der Waals surface area contributed by atoms with Crippen molar-refractivity contribution in [3.63, 3.8) is 0 Å². The number of allylic oxidation sites excluding steroid dienone is 1. The van der Waals surface area contributed by atoms with Crippen molar-refractivity contribution in [1.29, 1.82) is 0 Å². The second-order valence-corrected chi connectivity index (χ2v) is 8.69. The third-order valence-corrected chi connectivity index (χ3v) is 6.62. The number of hydrogen-bond donors (Lipinski definition) is 0. The van der Waals surface area contributed by atoms with Crippen molar-refractivity contribution in [3.8, 4) is 17.2 Å². The molecule has 2 unspecified atom stereocenters. The van der Waals surface area contributed by atoms with E-state index in [1.165, 1.54) is 29.5 Å². The molecular weight excluding hydrogens is 410 g/mol. The first-order chi connectivity index (χ1) is 16.3. The minimum absolute atomic E-state index is 0.203. The van der Waals surface area contributed by atoms with Gasteiger partial charge in [0, 0.05) is 30.0 Å². The van der Waals surface area contributed by atoms with Crippen LogP contribution in [0.4, 0.5) is 0 Å². The molecule has 170 valence electrons. The van der Waals surface area contributed by atoms with Gasteiger partial charge in [0.15, 0.2) is 0 Å². The van der Waals surface area contributed by atoms with E-state index in [1.54, 1.807) is 7.11 Å². The highest BCUT2D eigenvalue weighted by Crippen LogP contribution is 2.47. The van der Waals surface area contributed by atoms with Crippen LogP contribution in [0, 0.1) is 0 Å². The molecule has 0 bridgehead atoms. The quantitative estimate of drug-likeness (QED) is 0.451. The summed E-state index contributed by atoms with van der Waals surface area (Å²) in [7, 11) is 1.69. The fourth-order valence-electron chi connectivity index (χ4n) is 4.87. The Labute approximate surface area is 196 Å². The Bertz CT molecular complexity index is 1080. The third-order valence-electron chi connectivity index (χ3n) is 6.62. The van der Waals surface area contributed by atoms with Gasteiger partial charge in [-0.1, -0.05) is 54.6 Å². The summed E-state index contributed by atoms with van der Waals surface area (Å²) in [6.07, 6.45) is 6.84. The first-order valence-corrected chi connectivity index (χ1v) is 11.8. The molecule has 3 aromatic rings. The van der Waals surface area contributed by atoms with Crippen LogP contribution >= 0.6 is 0 Å². The summed E-state index contributed by atoms with van der Waals surface area (Å²) in [5.74, 6) is 3.08. The lowest BCUT2D eigenvalue weighted by molar-refractivity contribution is 0.246. The van der Waals surface area contributed by atoms with Crippen molar-refractivity contribution < 1.29 is 14.2 Å². The zero-order chi connectivity index (χ0) is 22.5. The number of methoxy groups -OCH3 is 1. The molecule has 0 aliphatic carbocycles. The summed E-state index contributed by atoms with van der Waals surface area (Å²) < 4.78 is 17.7. The molecule has 2 atom stereocenters. The molecule has 4 nitrogen and oxygen atoms in total. The van der Waals surface area contributed by atoms with E-state index >= 15 is 0 Å². The van der Waals surface area contributed by atoms with Crippen LogP contribution in [0.5, 0.6) is 17.2 Å². The average molecular weight is 442 g/mol. The maximum Gasteiger partial charge on any atom is 0.126 e. The van der Waals surface area contributed by atoms with Gasteiger partial charge in [-0.15, -0.1) is 0 Å². The largest absolute Gasteiger partial charge is 0.497 e. The van der Waals surface area contributed by atoms with E-state index in [1.807, 2.05) is 12.1 Å². The topological polar surface area (TPSA) is 30.9 Å². The molecule has 0 radical (unpaired) electrons. The van der Waals surface area contributed by atoms with Gasteiger partial charge in [0.1, 0.15) is 23.9 Å². The van der Waals surface area contributed by atoms with E-state index < -0.39 is 0 Å². The van der Waals surface area contributed by atoms with Crippen LogP contribution in [0.3, 0.4) is 0 Å². The molecule has 3 aromatic carbocycles. The molecule has 0 N–H and O–H groups in total. The number of ether oxygens (including phenoxy) is 3. The number of rotatable bonds is 7. The highest BCUT2D eigenvalue weighted by atomic mass is 16.5. The van der Waals surface area contributed by atoms with Gasteiger partial charge in [-0.3, -0.25) is 0 Å².